The van der Waals surface area contributed by atoms with Gasteiger partial charge < -0.3 is 9.84 Å². The smallest absolute Gasteiger partial charge is 0.416 e. The van der Waals surface area contributed by atoms with Gasteiger partial charge in [-0.3, -0.25) is 0 Å². The molecule has 1 aromatic carbocycles. The predicted molar refractivity (Wildman–Crippen MR) is 71.0 cm³/mol. The van der Waals surface area contributed by atoms with E-state index in [-0.39, 0.29) is 16.9 Å². The second-order valence-electron chi connectivity index (χ2n) is 4.90. The Kier molecular flexibility index (Phi) is 4.25. The van der Waals surface area contributed by atoms with E-state index in [1.54, 1.807) is 0 Å². The molecule has 1 aromatic rings. The number of rotatable bonds is 4. The van der Waals surface area contributed by atoms with Crippen LogP contribution in [0.25, 0.3) is 6.08 Å². The van der Waals surface area contributed by atoms with Crippen molar-refractivity contribution >= 4 is 12.0 Å². The molecule has 0 aromatic heterocycles. The molecule has 0 saturated heterocycles. The number of fused-ring (bicyclic) bond motifs is 1. The zero-order valence-electron chi connectivity index (χ0n) is 11.4. The molecule has 0 aliphatic carbocycles. The molecule has 0 fully saturated rings. The molecule has 1 unspecified atom stereocenters. The Balaban J connectivity index is 2.39. The maximum absolute atomic E-state index is 12.7. The minimum atomic E-state index is -4.47. The maximum Gasteiger partial charge on any atom is 0.416 e. The average Bonchev–Trinajstić information content (AvgIpc) is 2.42. The second kappa shape index (κ2) is 5.79. The molecule has 1 aliphatic rings. The summed E-state index contributed by atoms with van der Waals surface area (Å²) in [5.41, 5.74) is -0.678. The topological polar surface area (TPSA) is 46.5 Å². The molecule has 114 valence electrons. The lowest BCUT2D eigenvalue weighted by molar-refractivity contribution is -0.137. The number of halogens is 3. The van der Waals surface area contributed by atoms with E-state index in [1.165, 1.54) is 12.1 Å². The molecule has 2 rings (SSSR count). The van der Waals surface area contributed by atoms with E-state index in [2.05, 4.69) is 0 Å². The summed E-state index contributed by atoms with van der Waals surface area (Å²) in [6, 6.07) is 3.09. The predicted octanol–water partition coefficient (Wildman–Crippen LogP) is 4.12. The third-order valence-corrected chi connectivity index (χ3v) is 3.33. The van der Waals surface area contributed by atoms with Crippen molar-refractivity contribution in [3.05, 3.63) is 34.9 Å². The van der Waals surface area contributed by atoms with Crippen LogP contribution in [0.1, 0.15) is 37.3 Å². The van der Waals surface area contributed by atoms with Gasteiger partial charge in [0.15, 0.2) is 0 Å². The lowest BCUT2D eigenvalue weighted by atomic mass is 9.97. The van der Waals surface area contributed by atoms with Crippen molar-refractivity contribution < 1.29 is 27.8 Å². The number of carboxylic acid groups (broad SMARTS) is 1. The third kappa shape index (κ3) is 3.37. The maximum atomic E-state index is 12.7. The number of ether oxygens (including phenoxy) is 1. The molecule has 21 heavy (non-hydrogen) atoms. The van der Waals surface area contributed by atoms with Gasteiger partial charge >= 0.3 is 12.1 Å². The summed E-state index contributed by atoms with van der Waals surface area (Å²) in [6.07, 6.45) is -1.62. The molecule has 1 atom stereocenters. The summed E-state index contributed by atoms with van der Waals surface area (Å²) < 4.78 is 43.6. The minimum Gasteiger partial charge on any atom is -0.485 e. The SMILES string of the molecule is CCCCC1Oc2ccc(C(F)(F)F)cc2C=C1C(=O)O. The summed E-state index contributed by atoms with van der Waals surface area (Å²) in [7, 11) is 0. The van der Waals surface area contributed by atoms with Gasteiger partial charge in [0.2, 0.25) is 0 Å². The first kappa shape index (κ1) is 15.4. The first-order chi connectivity index (χ1) is 9.82. The third-order valence-electron chi connectivity index (χ3n) is 3.33. The van der Waals surface area contributed by atoms with Crippen molar-refractivity contribution in [2.45, 2.75) is 38.5 Å². The van der Waals surface area contributed by atoms with Gasteiger partial charge in [0, 0.05) is 5.56 Å². The number of benzene rings is 1. The van der Waals surface area contributed by atoms with Crippen molar-refractivity contribution in [3.63, 3.8) is 0 Å². The fraction of sp³-hybridized carbons (Fsp3) is 0.400. The van der Waals surface area contributed by atoms with Gasteiger partial charge in [-0.05, 0) is 37.1 Å². The van der Waals surface area contributed by atoms with Gasteiger partial charge in [-0.1, -0.05) is 13.3 Å². The summed E-state index contributed by atoms with van der Waals surface area (Å²) in [4.78, 5) is 11.2. The number of aliphatic carboxylic acids is 1. The summed E-state index contributed by atoms with van der Waals surface area (Å²) >= 11 is 0. The van der Waals surface area contributed by atoms with Crippen LogP contribution in [0.4, 0.5) is 13.2 Å². The second-order valence-corrected chi connectivity index (χ2v) is 4.90. The molecule has 0 radical (unpaired) electrons. The zero-order chi connectivity index (χ0) is 15.6. The highest BCUT2D eigenvalue weighted by Gasteiger charge is 2.33. The van der Waals surface area contributed by atoms with Crippen LogP contribution in [-0.4, -0.2) is 17.2 Å². The van der Waals surface area contributed by atoms with Crippen molar-refractivity contribution in [2.24, 2.45) is 0 Å². The molecule has 6 heteroatoms. The normalized spacial score (nSPS) is 17.7. The standard InChI is InChI=1S/C15H15F3O3/c1-2-3-4-13-11(14(19)20)8-9-7-10(15(16,17)18)5-6-12(9)21-13/h5-8,13H,2-4H2,1H3,(H,19,20). The van der Waals surface area contributed by atoms with Gasteiger partial charge in [-0.25, -0.2) is 4.79 Å². The molecule has 0 saturated carbocycles. The van der Waals surface area contributed by atoms with Crippen LogP contribution in [0.5, 0.6) is 5.75 Å². The van der Waals surface area contributed by atoms with Gasteiger partial charge in [-0.15, -0.1) is 0 Å². The van der Waals surface area contributed by atoms with Crippen molar-refractivity contribution in [1.29, 1.82) is 0 Å². The Morgan fingerprint density at radius 1 is 1.38 bits per heavy atom. The first-order valence-electron chi connectivity index (χ1n) is 6.65. The van der Waals surface area contributed by atoms with E-state index >= 15 is 0 Å². The van der Waals surface area contributed by atoms with E-state index < -0.39 is 23.8 Å². The quantitative estimate of drug-likeness (QED) is 0.909. The molecular formula is C15H15F3O3. The van der Waals surface area contributed by atoms with Crippen LogP contribution in [0.15, 0.2) is 23.8 Å². The Morgan fingerprint density at radius 2 is 2.10 bits per heavy atom. The van der Waals surface area contributed by atoms with E-state index in [1.807, 2.05) is 6.92 Å². The lowest BCUT2D eigenvalue weighted by Crippen LogP contribution is -2.27. The van der Waals surface area contributed by atoms with Crippen LogP contribution in [0.3, 0.4) is 0 Å². The Hall–Kier alpha value is -1.98. The highest BCUT2D eigenvalue weighted by Crippen LogP contribution is 2.37. The fourth-order valence-electron chi connectivity index (χ4n) is 2.23. The van der Waals surface area contributed by atoms with Crippen LogP contribution in [-0.2, 0) is 11.0 Å². The van der Waals surface area contributed by atoms with Gasteiger partial charge in [0.1, 0.15) is 11.9 Å². The number of hydrogen-bond acceptors (Lipinski definition) is 2. The summed E-state index contributed by atoms with van der Waals surface area (Å²) in [5.74, 6) is -0.881. The van der Waals surface area contributed by atoms with E-state index in [0.29, 0.717) is 6.42 Å². The Bertz CT molecular complexity index is 576. The van der Waals surface area contributed by atoms with Crippen molar-refractivity contribution in [1.82, 2.24) is 0 Å². The number of unbranched alkanes of at least 4 members (excludes halogenated alkanes) is 1. The van der Waals surface area contributed by atoms with Crippen LogP contribution in [0, 0.1) is 0 Å². The van der Waals surface area contributed by atoms with Gasteiger partial charge in [-0.2, -0.15) is 13.2 Å². The molecule has 3 nitrogen and oxygen atoms in total. The van der Waals surface area contributed by atoms with Gasteiger partial charge in [0.05, 0.1) is 11.1 Å². The number of carboxylic acids is 1. The first-order valence-corrected chi connectivity index (χ1v) is 6.65. The number of carbonyl (C=O) groups is 1. The Morgan fingerprint density at radius 3 is 2.67 bits per heavy atom. The monoisotopic (exact) mass is 300 g/mol. The highest BCUT2D eigenvalue weighted by atomic mass is 19.4. The van der Waals surface area contributed by atoms with E-state index in [0.717, 1.165) is 25.0 Å². The van der Waals surface area contributed by atoms with Crippen molar-refractivity contribution in [2.75, 3.05) is 0 Å². The molecule has 1 heterocycles. The average molecular weight is 300 g/mol. The Labute approximate surface area is 120 Å². The highest BCUT2D eigenvalue weighted by molar-refractivity contribution is 5.94. The fourth-order valence-corrected chi connectivity index (χ4v) is 2.23. The largest absolute Gasteiger partial charge is 0.485 e. The zero-order valence-corrected chi connectivity index (χ0v) is 11.4. The van der Waals surface area contributed by atoms with Crippen LogP contribution >= 0.6 is 0 Å². The van der Waals surface area contributed by atoms with Crippen molar-refractivity contribution in [3.8, 4) is 5.75 Å². The number of alkyl halides is 3. The van der Waals surface area contributed by atoms with E-state index in [4.69, 9.17) is 4.74 Å². The van der Waals surface area contributed by atoms with Crippen LogP contribution in [0.2, 0.25) is 0 Å². The molecule has 0 amide bonds. The molecule has 0 spiro atoms. The van der Waals surface area contributed by atoms with E-state index in [9.17, 15) is 23.1 Å². The molecular weight excluding hydrogens is 285 g/mol. The van der Waals surface area contributed by atoms with Crippen LogP contribution < -0.4 is 4.74 Å². The summed E-state index contributed by atoms with van der Waals surface area (Å²) in [5, 5.41) is 9.19. The molecule has 0 bridgehead atoms. The summed E-state index contributed by atoms with van der Waals surface area (Å²) in [6.45, 7) is 1.97. The molecule has 1 aliphatic heterocycles. The number of hydrogen-bond donors (Lipinski definition) is 1. The van der Waals surface area contributed by atoms with Gasteiger partial charge in [0.25, 0.3) is 0 Å². The molecule has 1 N–H and O–H groups in total. The lowest BCUT2D eigenvalue weighted by Gasteiger charge is -2.26. The minimum absolute atomic E-state index is 0.00438.